The molecule has 5 N–H and O–H groups in total. The van der Waals surface area contributed by atoms with Gasteiger partial charge < -0.3 is 25.8 Å². The maximum absolute atomic E-state index is 13.4. The van der Waals surface area contributed by atoms with Gasteiger partial charge in [0.15, 0.2) is 11.5 Å². The molecular weight excluding hydrogens is 373 g/mol. The standard InChI is InChI=1S/C17H16FN5O5/c18-9-3-1-8(2-4-9)13(26)17(14(27)12(25)10(5-24)28-17)23-7-22-11-15(19)20-6-21-16(11)23/h1-4,6-7,10,12,14,24-25,27H,5H2,(H2,19,20,21)/t10-,12-,14-,17-/m1/s1. The average Bonchev–Trinajstić information content (AvgIpc) is 3.24. The van der Waals surface area contributed by atoms with E-state index in [0.717, 1.165) is 23.0 Å². The molecule has 0 spiro atoms. The summed E-state index contributed by atoms with van der Waals surface area (Å²) in [6, 6.07) is 4.59. The number of hydrogen-bond acceptors (Lipinski definition) is 9. The van der Waals surface area contributed by atoms with E-state index in [2.05, 4.69) is 15.0 Å². The number of anilines is 1. The molecule has 1 aliphatic rings. The Bertz CT molecular complexity index is 1040. The van der Waals surface area contributed by atoms with E-state index in [1.165, 1.54) is 18.5 Å². The first-order chi connectivity index (χ1) is 13.4. The van der Waals surface area contributed by atoms with Gasteiger partial charge in [0.25, 0.3) is 0 Å². The van der Waals surface area contributed by atoms with Gasteiger partial charge in [0.05, 0.1) is 6.61 Å². The van der Waals surface area contributed by atoms with E-state index in [1.807, 2.05) is 0 Å². The van der Waals surface area contributed by atoms with E-state index < -0.39 is 42.2 Å². The average molecular weight is 389 g/mol. The molecule has 0 amide bonds. The number of ether oxygens (including phenoxy) is 1. The van der Waals surface area contributed by atoms with Crippen LogP contribution in [0.1, 0.15) is 10.4 Å². The van der Waals surface area contributed by atoms with Gasteiger partial charge in [-0.2, -0.15) is 0 Å². The molecule has 0 saturated carbocycles. The van der Waals surface area contributed by atoms with Gasteiger partial charge in [-0.1, -0.05) is 0 Å². The third-order valence-electron chi connectivity index (χ3n) is 4.77. The van der Waals surface area contributed by atoms with Gasteiger partial charge in [-0.25, -0.2) is 19.3 Å². The molecule has 4 atom stereocenters. The number of nitrogen functional groups attached to an aromatic ring is 1. The number of carbonyl (C=O) groups is 1. The number of aliphatic hydroxyl groups is 3. The molecule has 0 bridgehead atoms. The molecule has 28 heavy (non-hydrogen) atoms. The topological polar surface area (TPSA) is 157 Å². The van der Waals surface area contributed by atoms with Crippen molar-refractivity contribution in [3.05, 3.63) is 48.3 Å². The number of nitrogens with two attached hydrogens (primary N) is 1. The lowest BCUT2D eigenvalue weighted by atomic mass is 9.93. The first-order valence-electron chi connectivity index (χ1n) is 8.29. The van der Waals surface area contributed by atoms with Gasteiger partial charge in [0.1, 0.15) is 42.3 Å². The molecule has 146 valence electrons. The number of aromatic nitrogens is 4. The summed E-state index contributed by atoms with van der Waals surface area (Å²) in [5.41, 5.74) is 3.82. The highest BCUT2D eigenvalue weighted by Crippen LogP contribution is 2.40. The second-order valence-corrected chi connectivity index (χ2v) is 6.35. The van der Waals surface area contributed by atoms with Crippen LogP contribution in [0.5, 0.6) is 0 Å². The number of rotatable bonds is 4. The van der Waals surface area contributed by atoms with Crippen LogP contribution >= 0.6 is 0 Å². The van der Waals surface area contributed by atoms with Gasteiger partial charge in [-0.3, -0.25) is 9.36 Å². The Balaban J connectivity index is 1.95. The highest BCUT2D eigenvalue weighted by atomic mass is 19.1. The zero-order chi connectivity index (χ0) is 20.1. The molecule has 2 aromatic heterocycles. The molecule has 1 fully saturated rings. The van der Waals surface area contributed by atoms with Crippen LogP contribution in [0.15, 0.2) is 36.9 Å². The van der Waals surface area contributed by atoms with Crippen molar-refractivity contribution in [2.45, 2.75) is 24.0 Å². The van der Waals surface area contributed by atoms with Crippen LogP contribution in [0.2, 0.25) is 0 Å². The number of benzene rings is 1. The Morgan fingerprint density at radius 1 is 1.25 bits per heavy atom. The minimum absolute atomic E-state index is 0.00937. The smallest absolute Gasteiger partial charge is 0.241 e. The maximum atomic E-state index is 13.4. The molecule has 4 rings (SSSR count). The van der Waals surface area contributed by atoms with Crippen molar-refractivity contribution >= 4 is 22.8 Å². The molecule has 0 aliphatic carbocycles. The number of nitrogens with zero attached hydrogens (tertiary/aromatic N) is 4. The molecule has 0 unspecified atom stereocenters. The third kappa shape index (κ3) is 2.48. The van der Waals surface area contributed by atoms with E-state index in [1.54, 1.807) is 0 Å². The summed E-state index contributed by atoms with van der Waals surface area (Å²) in [7, 11) is 0. The lowest BCUT2D eigenvalue weighted by molar-refractivity contribution is -0.113. The maximum Gasteiger partial charge on any atom is 0.241 e. The van der Waals surface area contributed by atoms with Crippen LogP contribution < -0.4 is 5.73 Å². The largest absolute Gasteiger partial charge is 0.394 e. The molecule has 3 aromatic rings. The Kier molecular flexibility index (Phi) is 4.31. The van der Waals surface area contributed by atoms with Gasteiger partial charge in [0.2, 0.25) is 11.5 Å². The van der Waals surface area contributed by atoms with Gasteiger partial charge >= 0.3 is 0 Å². The zero-order valence-corrected chi connectivity index (χ0v) is 14.3. The number of fused-ring (bicyclic) bond motifs is 1. The van der Waals surface area contributed by atoms with Crippen LogP contribution in [0.4, 0.5) is 10.2 Å². The fraction of sp³-hybridized carbons (Fsp3) is 0.294. The van der Waals surface area contributed by atoms with Crippen molar-refractivity contribution in [1.82, 2.24) is 19.5 Å². The summed E-state index contributed by atoms with van der Waals surface area (Å²) in [4.78, 5) is 25.3. The number of Topliss-reactive ketones (excluding diaryl/α,β-unsaturated/α-hetero) is 1. The second kappa shape index (κ2) is 6.56. The minimum Gasteiger partial charge on any atom is -0.394 e. The predicted octanol–water partition coefficient (Wildman–Crippen LogP) is -0.804. The number of imidazole rings is 1. The Morgan fingerprint density at radius 3 is 2.61 bits per heavy atom. The molecule has 1 aliphatic heterocycles. The minimum atomic E-state index is -2.21. The van der Waals surface area contributed by atoms with Gasteiger partial charge in [-0.05, 0) is 24.3 Å². The molecule has 1 saturated heterocycles. The van der Waals surface area contributed by atoms with Crippen LogP contribution in [-0.4, -0.2) is 65.5 Å². The highest BCUT2D eigenvalue weighted by Gasteiger charge is 2.60. The Hall–Kier alpha value is -2.99. The third-order valence-corrected chi connectivity index (χ3v) is 4.77. The summed E-state index contributed by atoms with van der Waals surface area (Å²) in [5.74, 6) is -1.30. The van der Waals surface area contributed by atoms with Crippen LogP contribution in [0.3, 0.4) is 0 Å². The second-order valence-electron chi connectivity index (χ2n) is 6.35. The number of carbonyl (C=O) groups excluding carboxylic acids is 1. The normalized spacial score (nSPS) is 27.4. The zero-order valence-electron chi connectivity index (χ0n) is 14.3. The molecule has 1 aromatic carbocycles. The SMILES string of the molecule is Nc1ncnc2c1ncn2[C@]1(C(=O)c2ccc(F)cc2)O[C@H](CO)[C@@H](O)[C@H]1O. The molecular formula is C17H16FN5O5. The molecule has 11 heteroatoms. The highest BCUT2D eigenvalue weighted by molar-refractivity contribution is 6.02. The first-order valence-corrected chi connectivity index (χ1v) is 8.29. The summed E-state index contributed by atoms with van der Waals surface area (Å²) in [6.07, 6.45) is -2.29. The molecule has 0 radical (unpaired) electrons. The summed E-state index contributed by atoms with van der Waals surface area (Å²) in [5, 5.41) is 30.6. The number of ketones is 1. The van der Waals surface area contributed by atoms with Crippen molar-refractivity contribution < 1.29 is 29.2 Å². The number of hydrogen-bond donors (Lipinski definition) is 4. The van der Waals surface area contributed by atoms with Crippen LogP contribution in [-0.2, 0) is 10.5 Å². The van der Waals surface area contributed by atoms with Crippen molar-refractivity contribution in [3.8, 4) is 0 Å². The fourth-order valence-corrected chi connectivity index (χ4v) is 3.35. The predicted molar refractivity (Wildman–Crippen MR) is 92.4 cm³/mol. The van der Waals surface area contributed by atoms with Crippen molar-refractivity contribution in [2.75, 3.05) is 12.3 Å². The summed E-state index contributed by atoms with van der Waals surface area (Å²) >= 11 is 0. The van der Waals surface area contributed by atoms with Crippen molar-refractivity contribution in [1.29, 1.82) is 0 Å². The quantitative estimate of drug-likeness (QED) is 0.419. The lowest BCUT2D eigenvalue weighted by Crippen LogP contribution is -2.51. The van der Waals surface area contributed by atoms with E-state index in [4.69, 9.17) is 10.5 Å². The fourth-order valence-electron chi connectivity index (χ4n) is 3.35. The van der Waals surface area contributed by atoms with E-state index >= 15 is 0 Å². The molecule has 3 heterocycles. The summed E-state index contributed by atoms with van der Waals surface area (Å²) < 4.78 is 20.1. The number of aliphatic hydroxyl groups excluding tert-OH is 3. The lowest BCUT2D eigenvalue weighted by Gasteiger charge is -2.32. The van der Waals surface area contributed by atoms with Crippen molar-refractivity contribution in [3.63, 3.8) is 0 Å². The van der Waals surface area contributed by atoms with Gasteiger partial charge in [-0.15, -0.1) is 0 Å². The van der Waals surface area contributed by atoms with E-state index in [0.29, 0.717) is 0 Å². The Morgan fingerprint density at radius 2 is 1.96 bits per heavy atom. The molecule has 10 nitrogen and oxygen atoms in total. The van der Waals surface area contributed by atoms with Crippen molar-refractivity contribution in [2.24, 2.45) is 0 Å². The Labute approximate surface area is 157 Å². The van der Waals surface area contributed by atoms with Gasteiger partial charge in [0, 0.05) is 5.56 Å². The van der Waals surface area contributed by atoms with E-state index in [9.17, 15) is 24.5 Å². The van der Waals surface area contributed by atoms with E-state index in [-0.39, 0.29) is 22.5 Å². The monoisotopic (exact) mass is 389 g/mol. The van der Waals surface area contributed by atoms with Crippen LogP contribution in [0, 0.1) is 5.82 Å². The van der Waals surface area contributed by atoms with Crippen LogP contribution in [0.25, 0.3) is 11.2 Å². The first kappa shape index (κ1) is 18.4. The number of halogens is 1. The summed E-state index contributed by atoms with van der Waals surface area (Å²) in [6.45, 7) is -0.652.